The van der Waals surface area contributed by atoms with Gasteiger partial charge in [0.2, 0.25) is 4.96 Å². The fourth-order valence-corrected chi connectivity index (χ4v) is 3.21. The van der Waals surface area contributed by atoms with Gasteiger partial charge >= 0.3 is 0 Å². The predicted molar refractivity (Wildman–Crippen MR) is 70.5 cm³/mol. The molecule has 0 N–H and O–H groups in total. The minimum Gasteiger partial charge on any atom is -0.381 e. The minimum atomic E-state index is 0.345. The number of rotatable bonds is 5. The number of hydrogen-bond acceptors (Lipinski definition) is 5. The lowest BCUT2D eigenvalue weighted by Crippen LogP contribution is -2.05. The number of hydrogen-bond donors (Lipinski definition) is 0. The van der Waals surface area contributed by atoms with E-state index in [2.05, 4.69) is 15.3 Å². The molecule has 1 aliphatic heterocycles. The van der Waals surface area contributed by atoms with Crippen LogP contribution in [0.3, 0.4) is 0 Å². The van der Waals surface area contributed by atoms with Crippen LogP contribution in [0.1, 0.15) is 36.0 Å². The monoisotopic (exact) mass is 286 g/mol. The molecule has 1 atom stereocenters. The second-order valence-electron chi connectivity index (χ2n) is 4.45. The zero-order valence-electron chi connectivity index (χ0n) is 10.0. The van der Waals surface area contributed by atoms with Gasteiger partial charge in [0.05, 0.1) is 6.61 Å². The van der Waals surface area contributed by atoms with Crippen molar-refractivity contribution in [3.05, 3.63) is 10.8 Å². The zero-order chi connectivity index (χ0) is 12.4. The second kappa shape index (κ2) is 5.50. The Morgan fingerprint density at radius 2 is 2.33 bits per heavy atom. The summed E-state index contributed by atoms with van der Waals surface area (Å²) in [5.74, 6) is 2.01. The van der Waals surface area contributed by atoms with E-state index >= 15 is 0 Å². The standard InChI is InChI=1S/C11H15ClN4OS/c12-5-2-1-3-9-15-16-10(8-4-6-17-7-8)13-14-11(16)18-9/h8H,1-7H2. The van der Waals surface area contributed by atoms with E-state index in [4.69, 9.17) is 16.3 Å². The van der Waals surface area contributed by atoms with Crippen molar-refractivity contribution in [3.63, 3.8) is 0 Å². The number of halogens is 1. The summed E-state index contributed by atoms with van der Waals surface area (Å²) in [5.41, 5.74) is 0. The molecule has 2 aromatic rings. The first-order valence-corrected chi connectivity index (χ1v) is 7.58. The van der Waals surface area contributed by atoms with Crippen LogP contribution in [0.5, 0.6) is 0 Å². The summed E-state index contributed by atoms with van der Waals surface area (Å²) in [6.45, 7) is 1.55. The van der Waals surface area contributed by atoms with Crippen LogP contribution in [0.15, 0.2) is 0 Å². The number of aromatic nitrogens is 4. The van der Waals surface area contributed by atoms with Gasteiger partial charge in [-0.15, -0.1) is 21.8 Å². The summed E-state index contributed by atoms with van der Waals surface area (Å²) < 4.78 is 7.28. The maximum atomic E-state index is 5.68. The van der Waals surface area contributed by atoms with Gasteiger partial charge in [0.1, 0.15) is 5.01 Å². The second-order valence-corrected chi connectivity index (χ2v) is 5.87. The Labute approximate surface area is 114 Å². The van der Waals surface area contributed by atoms with E-state index in [1.807, 2.05) is 4.52 Å². The van der Waals surface area contributed by atoms with Gasteiger partial charge in [-0.3, -0.25) is 0 Å². The van der Waals surface area contributed by atoms with Crippen molar-refractivity contribution < 1.29 is 4.74 Å². The largest absolute Gasteiger partial charge is 0.381 e. The smallest absolute Gasteiger partial charge is 0.234 e. The Kier molecular flexibility index (Phi) is 3.77. The predicted octanol–water partition coefficient (Wildman–Crippen LogP) is 2.25. The summed E-state index contributed by atoms with van der Waals surface area (Å²) >= 11 is 7.30. The first-order chi connectivity index (χ1) is 8.88. The Morgan fingerprint density at radius 1 is 1.39 bits per heavy atom. The van der Waals surface area contributed by atoms with E-state index in [-0.39, 0.29) is 0 Å². The highest BCUT2D eigenvalue weighted by Crippen LogP contribution is 2.25. The summed E-state index contributed by atoms with van der Waals surface area (Å²) in [4.78, 5) is 0.887. The summed E-state index contributed by atoms with van der Waals surface area (Å²) in [6, 6.07) is 0. The average molecular weight is 287 g/mol. The van der Waals surface area contributed by atoms with Gasteiger partial charge in [0.15, 0.2) is 5.82 Å². The van der Waals surface area contributed by atoms with Gasteiger partial charge < -0.3 is 4.74 Å². The lowest BCUT2D eigenvalue weighted by Gasteiger charge is -2.01. The number of unbranched alkanes of at least 4 members (excludes halogenated alkanes) is 1. The Balaban J connectivity index is 1.79. The zero-order valence-corrected chi connectivity index (χ0v) is 11.6. The highest BCUT2D eigenvalue weighted by Gasteiger charge is 2.24. The number of nitrogens with zero attached hydrogens (tertiary/aromatic N) is 4. The molecule has 0 bridgehead atoms. The molecule has 1 aliphatic rings. The Morgan fingerprint density at radius 3 is 3.11 bits per heavy atom. The van der Waals surface area contributed by atoms with Crippen LogP contribution >= 0.6 is 22.9 Å². The fourth-order valence-electron chi connectivity index (χ4n) is 2.14. The molecule has 2 aromatic heterocycles. The highest BCUT2D eigenvalue weighted by molar-refractivity contribution is 7.16. The van der Waals surface area contributed by atoms with Crippen molar-refractivity contribution in [2.45, 2.75) is 31.6 Å². The molecule has 98 valence electrons. The molecule has 1 fully saturated rings. The Hall–Kier alpha value is -0.720. The van der Waals surface area contributed by atoms with E-state index < -0.39 is 0 Å². The van der Waals surface area contributed by atoms with Crippen molar-refractivity contribution in [2.24, 2.45) is 0 Å². The summed E-state index contributed by atoms with van der Waals surface area (Å²) in [5, 5.41) is 14.2. The van der Waals surface area contributed by atoms with E-state index in [9.17, 15) is 0 Å². The van der Waals surface area contributed by atoms with Crippen LogP contribution in [0.25, 0.3) is 4.96 Å². The normalized spacial score (nSPS) is 19.9. The topological polar surface area (TPSA) is 52.3 Å². The molecule has 7 heteroatoms. The molecule has 0 saturated carbocycles. The van der Waals surface area contributed by atoms with E-state index in [0.29, 0.717) is 11.8 Å². The summed E-state index contributed by atoms with van der Waals surface area (Å²) in [6.07, 6.45) is 4.10. The van der Waals surface area contributed by atoms with E-state index in [0.717, 1.165) is 54.7 Å². The van der Waals surface area contributed by atoms with Crippen LogP contribution in [-0.2, 0) is 11.2 Å². The number of ether oxygens (including phenoxy) is 1. The van der Waals surface area contributed by atoms with E-state index in [1.165, 1.54) is 0 Å². The molecule has 0 amide bonds. The van der Waals surface area contributed by atoms with E-state index in [1.54, 1.807) is 11.3 Å². The number of fused-ring (bicyclic) bond motifs is 1. The maximum absolute atomic E-state index is 5.68. The van der Waals surface area contributed by atoms with Crippen molar-refractivity contribution in [1.29, 1.82) is 0 Å². The molecular formula is C11H15ClN4OS. The van der Waals surface area contributed by atoms with Gasteiger partial charge in [-0.05, 0) is 19.3 Å². The lowest BCUT2D eigenvalue weighted by atomic mass is 10.1. The van der Waals surface area contributed by atoms with Crippen LogP contribution in [-0.4, -0.2) is 38.9 Å². The van der Waals surface area contributed by atoms with Crippen molar-refractivity contribution >= 4 is 27.9 Å². The van der Waals surface area contributed by atoms with Crippen LogP contribution in [0, 0.1) is 0 Å². The minimum absolute atomic E-state index is 0.345. The van der Waals surface area contributed by atoms with Crippen LogP contribution < -0.4 is 0 Å². The SMILES string of the molecule is ClCCCCc1nn2c(C3CCOC3)nnc2s1. The van der Waals surface area contributed by atoms with Gasteiger partial charge in [-0.25, -0.2) is 0 Å². The summed E-state index contributed by atoms with van der Waals surface area (Å²) in [7, 11) is 0. The number of aryl methyl sites for hydroxylation is 1. The molecule has 0 spiro atoms. The molecule has 0 aromatic carbocycles. The number of alkyl halides is 1. The lowest BCUT2D eigenvalue weighted by molar-refractivity contribution is 0.193. The quantitative estimate of drug-likeness (QED) is 0.625. The fraction of sp³-hybridized carbons (Fsp3) is 0.727. The third kappa shape index (κ3) is 2.37. The maximum Gasteiger partial charge on any atom is 0.234 e. The Bertz CT molecular complexity index is 520. The van der Waals surface area contributed by atoms with Crippen LogP contribution in [0.2, 0.25) is 0 Å². The van der Waals surface area contributed by atoms with Gasteiger partial charge in [-0.2, -0.15) is 9.61 Å². The van der Waals surface area contributed by atoms with Gasteiger partial charge in [0, 0.05) is 24.8 Å². The third-order valence-electron chi connectivity index (χ3n) is 3.13. The van der Waals surface area contributed by atoms with Gasteiger partial charge in [-0.1, -0.05) is 11.3 Å². The van der Waals surface area contributed by atoms with Gasteiger partial charge in [0.25, 0.3) is 0 Å². The molecule has 3 rings (SSSR count). The highest BCUT2D eigenvalue weighted by atomic mass is 35.5. The molecule has 0 radical (unpaired) electrons. The molecule has 0 aliphatic carbocycles. The van der Waals surface area contributed by atoms with Crippen LogP contribution in [0.4, 0.5) is 0 Å². The third-order valence-corrected chi connectivity index (χ3v) is 4.35. The molecule has 1 unspecified atom stereocenters. The molecule has 1 saturated heterocycles. The molecule has 3 heterocycles. The average Bonchev–Trinajstić information content (AvgIpc) is 3.03. The molecular weight excluding hydrogens is 272 g/mol. The van der Waals surface area contributed by atoms with Crippen molar-refractivity contribution in [3.8, 4) is 0 Å². The molecule has 5 nitrogen and oxygen atoms in total. The first-order valence-electron chi connectivity index (χ1n) is 6.23. The van der Waals surface area contributed by atoms with Crippen molar-refractivity contribution in [1.82, 2.24) is 19.8 Å². The molecule has 18 heavy (non-hydrogen) atoms. The first kappa shape index (κ1) is 12.3. The van der Waals surface area contributed by atoms with Crippen molar-refractivity contribution in [2.75, 3.05) is 19.1 Å².